The maximum atomic E-state index is 14.0. The third-order valence-electron chi connectivity index (χ3n) is 6.32. The van der Waals surface area contributed by atoms with Crippen molar-refractivity contribution in [3.05, 3.63) is 92.4 Å². The molecule has 0 saturated heterocycles. The van der Waals surface area contributed by atoms with E-state index in [0.717, 1.165) is 4.31 Å². The van der Waals surface area contributed by atoms with Gasteiger partial charge in [0, 0.05) is 12.6 Å². The van der Waals surface area contributed by atoms with E-state index in [-0.39, 0.29) is 44.1 Å². The lowest BCUT2D eigenvalue weighted by atomic mass is 10.1. The van der Waals surface area contributed by atoms with Crippen molar-refractivity contribution in [2.75, 3.05) is 10.8 Å². The molecule has 0 spiro atoms. The van der Waals surface area contributed by atoms with Crippen molar-refractivity contribution in [1.29, 1.82) is 0 Å². The van der Waals surface area contributed by atoms with Crippen molar-refractivity contribution in [3.8, 4) is 0 Å². The smallest absolute Gasteiger partial charge is 0.264 e. The Labute approximate surface area is 255 Å². The highest BCUT2D eigenvalue weighted by atomic mass is 35.5. The molecule has 1 N–H and O–H groups in total. The van der Waals surface area contributed by atoms with E-state index >= 15 is 0 Å². The van der Waals surface area contributed by atoms with E-state index in [2.05, 4.69) is 5.32 Å². The fraction of sp³-hybridized carbons (Fsp3) is 0.286. The molecular formula is C28H29Cl4N3O4S. The predicted molar refractivity (Wildman–Crippen MR) is 162 cm³/mol. The van der Waals surface area contributed by atoms with Gasteiger partial charge in [0.25, 0.3) is 10.0 Å². The zero-order valence-electron chi connectivity index (χ0n) is 22.1. The predicted octanol–water partition coefficient (Wildman–Crippen LogP) is 6.83. The number of amides is 2. The fourth-order valence-corrected chi connectivity index (χ4v) is 6.02. The van der Waals surface area contributed by atoms with Crippen molar-refractivity contribution in [1.82, 2.24) is 10.2 Å². The van der Waals surface area contributed by atoms with E-state index in [1.54, 1.807) is 43.3 Å². The minimum absolute atomic E-state index is 0.0255. The molecule has 0 aliphatic rings. The lowest BCUT2D eigenvalue weighted by molar-refractivity contribution is -0.139. The lowest BCUT2D eigenvalue weighted by Gasteiger charge is -2.32. The molecule has 3 aromatic carbocycles. The van der Waals surface area contributed by atoms with E-state index in [1.165, 1.54) is 35.2 Å². The summed E-state index contributed by atoms with van der Waals surface area (Å²) in [5, 5.41) is 3.58. The first-order chi connectivity index (χ1) is 18.9. The fourth-order valence-electron chi connectivity index (χ4n) is 3.80. The molecule has 12 heteroatoms. The van der Waals surface area contributed by atoms with Crippen molar-refractivity contribution in [3.63, 3.8) is 0 Å². The molecule has 7 nitrogen and oxygen atoms in total. The molecule has 0 bridgehead atoms. The van der Waals surface area contributed by atoms with Crippen LogP contribution < -0.4 is 9.62 Å². The topological polar surface area (TPSA) is 86.8 Å². The lowest BCUT2D eigenvalue weighted by Crippen LogP contribution is -2.52. The number of rotatable bonds is 11. The standard InChI is InChI=1S/C28H29Cl4N3O4S/c1-4-18(2)33-28(37)19(3)34(16-20-13-14-22(29)24(31)15-20)26(36)17-35(25-12-8-11-23(30)27(25)32)40(38,39)21-9-6-5-7-10-21/h5-15,18-19H,4,16-17H2,1-3H3,(H,33,37)/t18-,19-/m1/s1. The Bertz CT molecular complexity index is 1470. The summed E-state index contributed by atoms with van der Waals surface area (Å²) in [5.41, 5.74) is 0.627. The minimum atomic E-state index is -4.27. The van der Waals surface area contributed by atoms with Crippen LogP contribution in [0.1, 0.15) is 32.8 Å². The zero-order valence-corrected chi connectivity index (χ0v) is 25.9. The summed E-state index contributed by atoms with van der Waals surface area (Å²) >= 11 is 24.9. The van der Waals surface area contributed by atoms with Crippen LogP contribution >= 0.6 is 46.4 Å². The molecule has 3 rings (SSSR count). The maximum Gasteiger partial charge on any atom is 0.264 e. The number of carbonyl (C=O) groups is 2. The third kappa shape index (κ3) is 7.62. The quantitative estimate of drug-likeness (QED) is 0.248. The Morgan fingerprint density at radius 3 is 2.17 bits per heavy atom. The summed E-state index contributed by atoms with van der Waals surface area (Å²) in [7, 11) is -4.27. The second-order valence-corrected chi connectivity index (χ2v) is 12.6. The highest BCUT2D eigenvalue weighted by Gasteiger charge is 2.34. The highest BCUT2D eigenvalue weighted by molar-refractivity contribution is 7.92. The van der Waals surface area contributed by atoms with E-state index in [4.69, 9.17) is 46.4 Å². The van der Waals surface area contributed by atoms with Crippen LogP contribution in [0.4, 0.5) is 5.69 Å². The van der Waals surface area contributed by atoms with Gasteiger partial charge < -0.3 is 10.2 Å². The van der Waals surface area contributed by atoms with Crippen LogP contribution in [0.15, 0.2) is 71.6 Å². The van der Waals surface area contributed by atoms with Crippen molar-refractivity contribution < 1.29 is 18.0 Å². The van der Waals surface area contributed by atoms with E-state index < -0.39 is 28.5 Å². The third-order valence-corrected chi connectivity index (χ3v) is 9.64. The van der Waals surface area contributed by atoms with Crippen molar-refractivity contribution in [2.24, 2.45) is 0 Å². The zero-order chi connectivity index (χ0) is 29.6. The van der Waals surface area contributed by atoms with Crippen LogP contribution in [0.5, 0.6) is 0 Å². The molecule has 40 heavy (non-hydrogen) atoms. The molecule has 0 fully saturated rings. The molecule has 2 amide bonds. The number of benzene rings is 3. The first-order valence-corrected chi connectivity index (χ1v) is 15.4. The molecule has 3 aromatic rings. The van der Waals surface area contributed by atoms with Crippen LogP contribution in [0.2, 0.25) is 20.1 Å². The Hall–Kier alpha value is -2.49. The van der Waals surface area contributed by atoms with Crippen molar-refractivity contribution in [2.45, 2.75) is 50.7 Å². The van der Waals surface area contributed by atoms with Gasteiger partial charge in [0.15, 0.2) is 0 Å². The summed E-state index contributed by atoms with van der Waals surface area (Å²) in [6.07, 6.45) is 0.690. The monoisotopic (exact) mass is 643 g/mol. The number of halogens is 4. The molecular weight excluding hydrogens is 616 g/mol. The molecule has 0 aromatic heterocycles. The second-order valence-electron chi connectivity index (χ2n) is 9.16. The van der Waals surface area contributed by atoms with Gasteiger partial charge >= 0.3 is 0 Å². The van der Waals surface area contributed by atoms with Gasteiger partial charge in [-0.2, -0.15) is 0 Å². The second kappa shape index (κ2) is 13.9. The molecule has 0 unspecified atom stereocenters. The summed E-state index contributed by atoms with van der Waals surface area (Å²) in [4.78, 5) is 28.3. The number of carbonyl (C=O) groups excluding carboxylic acids is 2. The Morgan fingerprint density at radius 2 is 1.55 bits per heavy atom. The van der Waals surface area contributed by atoms with Crippen LogP contribution in [-0.2, 0) is 26.2 Å². The Balaban J connectivity index is 2.07. The summed E-state index contributed by atoms with van der Waals surface area (Å²) < 4.78 is 28.6. The minimum Gasteiger partial charge on any atom is -0.352 e. The number of sulfonamides is 1. The van der Waals surface area contributed by atoms with Gasteiger partial charge in [-0.1, -0.05) is 83.7 Å². The number of nitrogens with one attached hydrogen (secondary N) is 1. The average Bonchev–Trinajstić information content (AvgIpc) is 2.93. The first-order valence-electron chi connectivity index (χ1n) is 12.4. The van der Waals surface area contributed by atoms with Gasteiger partial charge in [0.05, 0.1) is 30.7 Å². The first kappa shape index (κ1) is 32.0. The van der Waals surface area contributed by atoms with Crippen LogP contribution in [0.3, 0.4) is 0 Å². The van der Waals surface area contributed by atoms with Crippen LogP contribution in [-0.4, -0.2) is 43.8 Å². The molecule has 0 aliphatic carbocycles. The number of anilines is 1. The Kier molecular flexibility index (Phi) is 11.1. The number of nitrogens with zero attached hydrogens (tertiary/aromatic N) is 2. The van der Waals surface area contributed by atoms with E-state index in [0.29, 0.717) is 17.0 Å². The molecule has 0 saturated carbocycles. The summed E-state index contributed by atoms with van der Waals surface area (Å²) in [5.74, 6) is -1.03. The van der Waals surface area contributed by atoms with E-state index in [9.17, 15) is 18.0 Å². The van der Waals surface area contributed by atoms with Crippen LogP contribution in [0.25, 0.3) is 0 Å². The normalized spacial score (nSPS) is 12.9. The average molecular weight is 645 g/mol. The maximum absolute atomic E-state index is 14.0. The number of hydrogen-bond acceptors (Lipinski definition) is 4. The molecule has 2 atom stereocenters. The molecule has 214 valence electrons. The van der Waals surface area contributed by atoms with Gasteiger partial charge in [-0.05, 0) is 62.2 Å². The summed E-state index contributed by atoms with van der Waals surface area (Å²) in [6.45, 7) is 4.67. The van der Waals surface area contributed by atoms with Gasteiger partial charge in [-0.3, -0.25) is 13.9 Å². The van der Waals surface area contributed by atoms with Gasteiger partial charge in [0.1, 0.15) is 12.6 Å². The highest BCUT2D eigenvalue weighted by Crippen LogP contribution is 2.35. The van der Waals surface area contributed by atoms with Crippen LogP contribution in [0, 0.1) is 0 Å². The largest absolute Gasteiger partial charge is 0.352 e. The van der Waals surface area contributed by atoms with Crippen molar-refractivity contribution >= 4 is 73.9 Å². The molecule has 0 radical (unpaired) electrons. The summed E-state index contributed by atoms with van der Waals surface area (Å²) in [6, 6.07) is 16.0. The van der Waals surface area contributed by atoms with Gasteiger partial charge in [0.2, 0.25) is 11.8 Å². The molecule has 0 heterocycles. The van der Waals surface area contributed by atoms with E-state index in [1.807, 2.05) is 13.8 Å². The Morgan fingerprint density at radius 1 is 0.875 bits per heavy atom. The number of hydrogen-bond donors (Lipinski definition) is 1. The van der Waals surface area contributed by atoms with Gasteiger partial charge in [-0.25, -0.2) is 8.42 Å². The van der Waals surface area contributed by atoms with Gasteiger partial charge in [-0.15, -0.1) is 0 Å². The molecule has 0 aliphatic heterocycles. The SMILES string of the molecule is CC[C@@H](C)NC(=O)[C@@H](C)N(Cc1ccc(Cl)c(Cl)c1)C(=O)CN(c1cccc(Cl)c1Cl)S(=O)(=O)c1ccccc1.